The summed E-state index contributed by atoms with van der Waals surface area (Å²) in [5, 5.41) is 5.01. The summed E-state index contributed by atoms with van der Waals surface area (Å²) in [7, 11) is 0. The van der Waals surface area contributed by atoms with Gasteiger partial charge in [-0.25, -0.2) is 4.98 Å². The predicted molar refractivity (Wildman–Crippen MR) is 83.9 cm³/mol. The van der Waals surface area contributed by atoms with Gasteiger partial charge in [-0.05, 0) is 31.2 Å². The molecule has 0 N–H and O–H groups in total. The molecule has 0 amide bonds. The molecule has 0 saturated carbocycles. The first-order chi connectivity index (χ1) is 11.3. The lowest BCUT2D eigenvalue weighted by molar-refractivity contribution is 0.329. The lowest BCUT2D eigenvalue weighted by Gasteiger charge is -2.08. The van der Waals surface area contributed by atoms with Gasteiger partial charge >= 0.3 is 0 Å². The quantitative estimate of drug-likeness (QED) is 0.568. The van der Waals surface area contributed by atoms with Crippen molar-refractivity contribution in [2.75, 3.05) is 6.61 Å². The smallest absolute Gasteiger partial charge is 0.293 e. The van der Waals surface area contributed by atoms with Crippen molar-refractivity contribution in [1.82, 2.24) is 15.1 Å². The van der Waals surface area contributed by atoms with Gasteiger partial charge in [-0.3, -0.25) is 0 Å². The van der Waals surface area contributed by atoms with E-state index in [0.717, 1.165) is 10.9 Å². The van der Waals surface area contributed by atoms with E-state index in [-0.39, 0.29) is 0 Å². The monoisotopic (exact) mass is 307 g/mol. The molecule has 3 heterocycles. The number of rotatable bonds is 4. The van der Waals surface area contributed by atoms with Crippen molar-refractivity contribution in [3.8, 4) is 28.9 Å². The second-order valence-electron chi connectivity index (χ2n) is 4.87. The Kier molecular flexibility index (Phi) is 3.27. The fraction of sp³-hybridized carbons (Fsp3) is 0.118. The molecule has 0 aliphatic heterocycles. The average Bonchev–Trinajstić information content (AvgIpc) is 3.26. The number of aromatic nitrogens is 3. The molecular formula is C17H13N3O3. The minimum Gasteiger partial charge on any atom is -0.477 e. The molecule has 0 fully saturated rings. The van der Waals surface area contributed by atoms with Crippen LogP contribution in [0, 0.1) is 0 Å². The number of fused-ring (bicyclic) bond motifs is 1. The molecule has 0 aliphatic carbocycles. The SMILES string of the molecule is CCOc1nc2ccccc2cc1-c1noc(-c2ccco2)n1. The summed E-state index contributed by atoms with van der Waals surface area (Å²) < 4.78 is 16.2. The third-order valence-corrected chi connectivity index (χ3v) is 3.37. The highest BCUT2D eigenvalue weighted by molar-refractivity contribution is 5.84. The maximum atomic E-state index is 5.64. The van der Waals surface area contributed by atoms with Gasteiger partial charge in [0.2, 0.25) is 11.7 Å². The van der Waals surface area contributed by atoms with Gasteiger partial charge in [-0.1, -0.05) is 23.4 Å². The van der Waals surface area contributed by atoms with Crippen LogP contribution in [0.3, 0.4) is 0 Å². The third kappa shape index (κ3) is 2.44. The summed E-state index contributed by atoms with van der Waals surface area (Å²) in [6.07, 6.45) is 1.56. The zero-order chi connectivity index (χ0) is 15.6. The lowest BCUT2D eigenvalue weighted by atomic mass is 10.1. The van der Waals surface area contributed by atoms with E-state index in [1.807, 2.05) is 37.3 Å². The minimum absolute atomic E-state index is 0.320. The van der Waals surface area contributed by atoms with E-state index in [4.69, 9.17) is 13.7 Å². The van der Waals surface area contributed by atoms with Crippen molar-refractivity contribution in [2.24, 2.45) is 0 Å². The summed E-state index contributed by atoms with van der Waals surface area (Å²) in [5.41, 5.74) is 1.54. The molecule has 6 heteroatoms. The van der Waals surface area contributed by atoms with E-state index in [1.165, 1.54) is 0 Å². The first-order valence-corrected chi connectivity index (χ1v) is 7.25. The van der Waals surface area contributed by atoms with Gasteiger partial charge in [-0.2, -0.15) is 4.98 Å². The van der Waals surface area contributed by atoms with E-state index >= 15 is 0 Å². The number of nitrogens with zero attached hydrogens (tertiary/aromatic N) is 3. The van der Waals surface area contributed by atoms with Crippen LogP contribution in [-0.2, 0) is 0 Å². The van der Waals surface area contributed by atoms with Crippen molar-refractivity contribution in [3.63, 3.8) is 0 Å². The highest BCUT2D eigenvalue weighted by atomic mass is 16.5. The zero-order valence-corrected chi connectivity index (χ0v) is 12.4. The van der Waals surface area contributed by atoms with Gasteiger partial charge < -0.3 is 13.7 Å². The van der Waals surface area contributed by atoms with Crippen molar-refractivity contribution in [1.29, 1.82) is 0 Å². The van der Waals surface area contributed by atoms with E-state index < -0.39 is 0 Å². The fourth-order valence-corrected chi connectivity index (χ4v) is 2.34. The molecule has 1 aromatic carbocycles. The van der Waals surface area contributed by atoms with Crippen molar-refractivity contribution >= 4 is 10.9 Å². The number of pyridine rings is 1. The fourth-order valence-electron chi connectivity index (χ4n) is 2.34. The van der Waals surface area contributed by atoms with Gasteiger partial charge in [0.15, 0.2) is 5.76 Å². The van der Waals surface area contributed by atoms with Crippen LogP contribution in [0.2, 0.25) is 0 Å². The van der Waals surface area contributed by atoms with E-state index in [2.05, 4.69) is 15.1 Å². The van der Waals surface area contributed by atoms with Crippen molar-refractivity contribution < 1.29 is 13.7 Å². The van der Waals surface area contributed by atoms with E-state index in [0.29, 0.717) is 35.5 Å². The lowest BCUT2D eigenvalue weighted by Crippen LogP contribution is -1.98. The van der Waals surface area contributed by atoms with Crippen LogP contribution in [0.25, 0.3) is 33.9 Å². The highest BCUT2D eigenvalue weighted by Crippen LogP contribution is 2.31. The van der Waals surface area contributed by atoms with Crippen LogP contribution in [-0.4, -0.2) is 21.7 Å². The third-order valence-electron chi connectivity index (χ3n) is 3.37. The van der Waals surface area contributed by atoms with Crippen LogP contribution in [0.5, 0.6) is 5.88 Å². The van der Waals surface area contributed by atoms with E-state index in [9.17, 15) is 0 Å². The molecule has 0 atom stereocenters. The molecule has 0 bridgehead atoms. The number of hydrogen-bond donors (Lipinski definition) is 0. The highest BCUT2D eigenvalue weighted by Gasteiger charge is 2.18. The van der Waals surface area contributed by atoms with E-state index in [1.54, 1.807) is 18.4 Å². The molecular weight excluding hydrogens is 294 g/mol. The molecule has 6 nitrogen and oxygen atoms in total. The molecule has 0 unspecified atom stereocenters. The summed E-state index contributed by atoms with van der Waals surface area (Å²) in [6.45, 7) is 2.41. The van der Waals surface area contributed by atoms with Gasteiger partial charge in [0, 0.05) is 5.39 Å². The predicted octanol–water partition coefficient (Wildman–Crippen LogP) is 3.94. The molecule has 23 heavy (non-hydrogen) atoms. The minimum atomic E-state index is 0.320. The Morgan fingerprint density at radius 2 is 2.00 bits per heavy atom. The Bertz CT molecular complexity index is 945. The Hall–Kier alpha value is -3.15. The van der Waals surface area contributed by atoms with Crippen LogP contribution in [0.1, 0.15) is 6.92 Å². The van der Waals surface area contributed by atoms with Gasteiger partial charge in [-0.15, -0.1) is 0 Å². The number of hydrogen-bond acceptors (Lipinski definition) is 6. The Morgan fingerprint density at radius 3 is 2.83 bits per heavy atom. The molecule has 0 spiro atoms. The average molecular weight is 307 g/mol. The summed E-state index contributed by atoms with van der Waals surface area (Å²) in [6, 6.07) is 13.3. The second-order valence-corrected chi connectivity index (χ2v) is 4.87. The molecule has 0 saturated heterocycles. The van der Waals surface area contributed by atoms with Crippen LogP contribution >= 0.6 is 0 Å². The van der Waals surface area contributed by atoms with Crippen LogP contribution in [0.15, 0.2) is 57.7 Å². The maximum Gasteiger partial charge on any atom is 0.293 e. The molecule has 4 rings (SSSR count). The summed E-state index contributed by atoms with van der Waals surface area (Å²) in [4.78, 5) is 8.93. The van der Waals surface area contributed by atoms with Crippen LogP contribution in [0.4, 0.5) is 0 Å². The Morgan fingerprint density at radius 1 is 1.09 bits per heavy atom. The molecule has 0 radical (unpaired) electrons. The molecule has 3 aromatic heterocycles. The second kappa shape index (κ2) is 5.57. The summed E-state index contributed by atoms with van der Waals surface area (Å²) >= 11 is 0. The van der Waals surface area contributed by atoms with Crippen molar-refractivity contribution in [3.05, 3.63) is 48.7 Å². The van der Waals surface area contributed by atoms with Crippen LogP contribution < -0.4 is 4.74 Å². The number of benzene rings is 1. The topological polar surface area (TPSA) is 74.2 Å². The van der Waals surface area contributed by atoms with Crippen molar-refractivity contribution in [2.45, 2.75) is 6.92 Å². The summed E-state index contributed by atoms with van der Waals surface area (Å²) in [5.74, 6) is 1.74. The number of para-hydroxylation sites is 1. The van der Waals surface area contributed by atoms with Gasteiger partial charge in [0.25, 0.3) is 5.89 Å². The number of furan rings is 1. The largest absolute Gasteiger partial charge is 0.477 e. The first-order valence-electron chi connectivity index (χ1n) is 7.25. The Balaban J connectivity index is 1.85. The molecule has 4 aromatic rings. The normalized spacial score (nSPS) is 11.0. The Labute approximate surface area is 131 Å². The first kappa shape index (κ1) is 13.5. The standard InChI is InChI=1S/C17H13N3O3/c1-2-21-16-12(10-11-6-3-4-7-13(11)18-16)15-19-17(23-20-15)14-8-5-9-22-14/h3-10H,2H2,1H3. The van der Waals surface area contributed by atoms with Gasteiger partial charge in [0.1, 0.15) is 0 Å². The molecule has 0 aliphatic rings. The van der Waals surface area contributed by atoms with Gasteiger partial charge in [0.05, 0.1) is 24.0 Å². The molecule has 114 valence electrons. The maximum absolute atomic E-state index is 5.64. The zero-order valence-electron chi connectivity index (χ0n) is 12.4. The number of ether oxygens (including phenoxy) is 1.